The van der Waals surface area contributed by atoms with Gasteiger partial charge in [0.2, 0.25) is 5.89 Å². The van der Waals surface area contributed by atoms with Crippen LogP contribution in [0.25, 0.3) is 0 Å². The molecule has 2 rings (SSSR count). The van der Waals surface area contributed by atoms with Crippen molar-refractivity contribution in [2.24, 2.45) is 5.73 Å². The molecule has 2 heterocycles. The van der Waals surface area contributed by atoms with Gasteiger partial charge in [0.15, 0.2) is 0 Å². The van der Waals surface area contributed by atoms with E-state index in [2.05, 4.69) is 33.9 Å². The Balaban J connectivity index is 1.98. The van der Waals surface area contributed by atoms with Crippen molar-refractivity contribution >= 4 is 5.95 Å². The monoisotopic (exact) mass is 239 g/mol. The maximum Gasteiger partial charge on any atom is 0.266 e. The quantitative estimate of drug-likeness (QED) is 0.830. The predicted molar refractivity (Wildman–Crippen MR) is 65.8 cm³/mol. The Hall–Kier alpha value is -1.14. The maximum absolute atomic E-state index is 5.95. The molecule has 96 valence electrons. The molecule has 1 aromatic heterocycles. The smallest absolute Gasteiger partial charge is 0.266 e. The van der Waals surface area contributed by atoms with Crippen molar-refractivity contribution < 1.29 is 4.52 Å². The van der Waals surface area contributed by atoms with Gasteiger partial charge in [0, 0.05) is 26.2 Å². The van der Waals surface area contributed by atoms with E-state index in [1.165, 1.54) is 0 Å². The first-order chi connectivity index (χ1) is 8.20. The zero-order valence-electron chi connectivity index (χ0n) is 10.6. The first kappa shape index (κ1) is 12.3. The molecule has 0 amide bonds. The van der Waals surface area contributed by atoms with Gasteiger partial charge >= 0.3 is 0 Å². The molecular weight excluding hydrogens is 218 g/mol. The second-order valence-electron chi connectivity index (χ2n) is 4.62. The van der Waals surface area contributed by atoms with Gasteiger partial charge in [-0.3, -0.25) is 0 Å². The number of nitrogens with two attached hydrogens (primary N) is 1. The highest BCUT2D eigenvalue weighted by Crippen LogP contribution is 2.17. The SMILES string of the molecule is CCCC(N)c1nc(N2CCN(C)CC2)no1. The molecule has 1 unspecified atom stereocenters. The summed E-state index contributed by atoms with van der Waals surface area (Å²) >= 11 is 0. The van der Waals surface area contributed by atoms with Gasteiger partial charge in [-0.1, -0.05) is 13.3 Å². The number of rotatable bonds is 4. The Bertz CT molecular complexity index is 345. The summed E-state index contributed by atoms with van der Waals surface area (Å²) in [4.78, 5) is 8.82. The van der Waals surface area contributed by atoms with E-state index in [-0.39, 0.29) is 6.04 Å². The lowest BCUT2D eigenvalue weighted by molar-refractivity contribution is 0.307. The molecule has 17 heavy (non-hydrogen) atoms. The van der Waals surface area contributed by atoms with Crippen LogP contribution in [0.2, 0.25) is 0 Å². The van der Waals surface area contributed by atoms with Gasteiger partial charge in [0.05, 0.1) is 6.04 Å². The van der Waals surface area contributed by atoms with Crippen LogP contribution in [0.15, 0.2) is 4.52 Å². The van der Waals surface area contributed by atoms with E-state index in [9.17, 15) is 0 Å². The van der Waals surface area contributed by atoms with Crippen LogP contribution >= 0.6 is 0 Å². The van der Waals surface area contributed by atoms with Crippen LogP contribution in [-0.2, 0) is 0 Å². The summed E-state index contributed by atoms with van der Waals surface area (Å²) in [6.45, 7) is 6.05. The molecule has 0 saturated carbocycles. The summed E-state index contributed by atoms with van der Waals surface area (Å²) in [5, 5.41) is 4.01. The fourth-order valence-electron chi connectivity index (χ4n) is 1.95. The van der Waals surface area contributed by atoms with Crippen molar-refractivity contribution in [3.8, 4) is 0 Å². The van der Waals surface area contributed by atoms with E-state index in [0.29, 0.717) is 11.8 Å². The Kier molecular flexibility index (Phi) is 3.96. The van der Waals surface area contributed by atoms with Crippen molar-refractivity contribution in [2.45, 2.75) is 25.8 Å². The van der Waals surface area contributed by atoms with E-state index in [4.69, 9.17) is 10.3 Å². The highest BCUT2D eigenvalue weighted by molar-refractivity contribution is 5.28. The Labute approximate surface area is 102 Å². The third kappa shape index (κ3) is 2.95. The summed E-state index contributed by atoms with van der Waals surface area (Å²) in [6.07, 6.45) is 1.90. The van der Waals surface area contributed by atoms with Gasteiger partial charge in [0.1, 0.15) is 0 Å². The number of anilines is 1. The van der Waals surface area contributed by atoms with Crippen LogP contribution < -0.4 is 10.6 Å². The van der Waals surface area contributed by atoms with E-state index >= 15 is 0 Å². The van der Waals surface area contributed by atoms with Crippen molar-refractivity contribution in [1.82, 2.24) is 15.0 Å². The lowest BCUT2D eigenvalue weighted by Gasteiger charge is -2.31. The zero-order chi connectivity index (χ0) is 12.3. The molecule has 6 heteroatoms. The van der Waals surface area contributed by atoms with Gasteiger partial charge < -0.3 is 20.1 Å². The molecule has 6 nitrogen and oxygen atoms in total. The molecular formula is C11H21N5O. The number of hydrogen-bond donors (Lipinski definition) is 1. The van der Waals surface area contributed by atoms with Crippen LogP contribution in [-0.4, -0.2) is 48.3 Å². The average molecular weight is 239 g/mol. The van der Waals surface area contributed by atoms with Crippen LogP contribution in [0.1, 0.15) is 31.7 Å². The van der Waals surface area contributed by atoms with Crippen LogP contribution in [0.3, 0.4) is 0 Å². The van der Waals surface area contributed by atoms with Gasteiger partial charge in [-0.15, -0.1) is 0 Å². The molecule has 0 aromatic carbocycles. The van der Waals surface area contributed by atoms with Crippen LogP contribution in [0.5, 0.6) is 0 Å². The normalized spacial score (nSPS) is 19.6. The zero-order valence-corrected chi connectivity index (χ0v) is 10.6. The highest BCUT2D eigenvalue weighted by atomic mass is 16.5. The van der Waals surface area contributed by atoms with Gasteiger partial charge in [-0.05, 0) is 18.6 Å². The summed E-state index contributed by atoms with van der Waals surface area (Å²) in [7, 11) is 2.12. The fraction of sp³-hybridized carbons (Fsp3) is 0.818. The Morgan fingerprint density at radius 1 is 1.35 bits per heavy atom. The fourth-order valence-corrected chi connectivity index (χ4v) is 1.95. The lowest BCUT2D eigenvalue weighted by atomic mass is 10.2. The standard InChI is InChI=1S/C11H21N5O/c1-3-4-9(12)10-13-11(14-17-10)16-7-5-15(2)6-8-16/h9H,3-8,12H2,1-2H3. The number of piperazine rings is 1. The molecule has 0 radical (unpaired) electrons. The minimum atomic E-state index is -0.131. The van der Waals surface area contributed by atoms with E-state index in [1.54, 1.807) is 0 Å². The number of likely N-dealkylation sites (N-methyl/N-ethyl adjacent to an activating group) is 1. The van der Waals surface area contributed by atoms with Crippen molar-refractivity contribution in [3.63, 3.8) is 0 Å². The first-order valence-electron chi connectivity index (χ1n) is 6.23. The topological polar surface area (TPSA) is 71.4 Å². The van der Waals surface area contributed by atoms with Gasteiger partial charge in [0.25, 0.3) is 5.95 Å². The molecule has 0 aliphatic carbocycles. The molecule has 1 aromatic rings. The molecule has 1 aliphatic heterocycles. The van der Waals surface area contributed by atoms with E-state index in [1.807, 2.05) is 0 Å². The molecule has 1 fully saturated rings. The van der Waals surface area contributed by atoms with E-state index < -0.39 is 0 Å². The maximum atomic E-state index is 5.95. The molecule has 0 spiro atoms. The predicted octanol–water partition coefficient (Wildman–Crippen LogP) is 0.621. The van der Waals surface area contributed by atoms with Crippen LogP contribution in [0.4, 0.5) is 5.95 Å². The highest BCUT2D eigenvalue weighted by Gasteiger charge is 2.20. The number of hydrogen-bond acceptors (Lipinski definition) is 6. The van der Waals surface area contributed by atoms with Crippen molar-refractivity contribution in [1.29, 1.82) is 0 Å². The molecule has 1 saturated heterocycles. The summed E-state index contributed by atoms with van der Waals surface area (Å²) in [5.41, 5.74) is 5.95. The van der Waals surface area contributed by atoms with E-state index in [0.717, 1.165) is 39.0 Å². The minimum absolute atomic E-state index is 0.131. The van der Waals surface area contributed by atoms with Gasteiger partial charge in [-0.2, -0.15) is 4.98 Å². The summed E-state index contributed by atoms with van der Waals surface area (Å²) in [5.74, 6) is 1.24. The van der Waals surface area contributed by atoms with Crippen molar-refractivity contribution in [2.75, 3.05) is 38.1 Å². The molecule has 1 atom stereocenters. The lowest BCUT2D eigenvalue weighted by Crippen LogP contribution is -2.44. The molecule has 0 bridgehead atoms. The number of nitrogens with zero attached hydrogens (tertiary/aromatic N) is 4. The minimum Gasteiger partial charge on any atom is -0.336 e. The van der Waals surface area contributed by atoms with Crippen molar-refractivity contribution in [3.05, 3.63) is 5.89 Å². The van der Waals surface area contributed by atoms with Crippen LogP contribution in [0, 0.1) is 0 Å². The largest absolute Gasteiger partial charge is 0.336 e. The molecule has 1 aliphatic rings. The first-order valence-corrected chi connectivity index (χ1v) is 6.23. The third-order valence-corrected chi connectivity index (χ3v) is 3.13. The second kappa shape index (κ2) is 5.46. The third-order valence-electron chi connectivity index (χ3n) is 3.13. The Morgan fingerprint density at radius 3 is 2.71 bits per heavy atom. The summed E-state index contributed by atoms with van der Waals surface area (Å²) in [6, 6.07) is -0.131. The average Bonchev–Trinajstić information content (AvgIpc) is 2.80. The van der Waals surface area contributed by atoms with Gasteiger partial charge in [-0.25, -0.2) is 0 Å². The number of aromatic nitrogens is 2. The molecule has 2 N–H and O–H groups in total. The Morgan fingerprint density at radius 2 is 2.06 bits per heavy atom. The second-order valence-corrected chi connectivity index (χ2v) is 4.62. The summed E-state index contributed by atoms with van der Waals surface area (Å²) < 4.78 is 5.22.